The van der Waals surface area contributed by atoms with Crippen molar-refractivity contribution < 1.29 is 33.3 Å². The molecule has 2 heterocycles. The number of rotatable bonds is 5. The molecule has 0 aromatic heterocycles. The van der Waals surface area contributed by atoms with Crippen LogP contribution in [0.5, 0.6) is 0 Å². The minimum Gasteiger partial charge on any atom is -0.430 e. The maximum absolute atomic E-state index is 10.9. The lowest BCUT2D eigenvalue weighted by Gasteiger charge is -2.23. The third-order valence-corrected chi connectivity index (χ3v) is 2.72. The zero-order valence-electron chi connectivity index (χ0n) is 9.47. The van der Waals surface area contributed by atoms with E-state index in [1.165, 1.54) is 0 Å². The second kappa shape index (κ2) is 4.79. The first kappa shape index (κ1) is 12.0. The number of hydrogen-bond acceptors (Lipinski definition) is 7. The summed E-state index contributed by atoms with van der Waals surface area (Å²) < 4.78 is 24.6. The summed E-state index contributed by atoms with van der Waals surface area (Å²) in [5, 5.41) is 0. The first-order chi connectivity index (χ1) is 8.13. The molecule has 2 rings (SSSR count). The Kier molecular flexibility index (Phi) is 3.37. The lowest BCUT2D eigenvalue weighted by Crippen LogP contribution is -2.38. The van der Waals surface area contributed by atoms with Gasteiger partial charge in [-0.2, -0.15) is 0 Å². The summed E-state index contributed by atoms with van der Waals surface area (Å²) >= 11 is 0. The van der Waals surface area contributed by atoms with E-state index in [4.69, 9.17) is 18.9 Å². The van der Waals surface area contributed by atoms with E-state index in [1.807, 2.05) is 6.92 Å². The zero-order chi connectivity index (χ0) is 12.3. The van der Waals surface area contributed by atoms with E-state index in [9.17, 15) is 9.59 Å². The van der Waals surface area contributed by atoms with Crippen molar-refractivity contribution in [1.82, 2.24) is 0 Å². The van der Waals surface area contributed by atoms with Crippen LogP contribution in [0.2, 0.25) is 0 Å². The molecule has 2 saturated heterocycles. The first-order valence-electron chi connectivity index (χ1n) is 5.40. The standard InChI is InChI=1S/C10H14O7/c1-2-10(6-15-9(12)17-10)5-13-3-7-4-14-8(11)16-7/h7H,2-6H2,1H3. The summed E-state index contributed by atoms with van der Waals surface area (Å²) in [5.74, 6) is 0. The third-order valence-electron chi connectivity index (χ3n) is 2.72. The van der Waals surface area contributed by atoms with Crippen LogP contribution in [-0.2, 0) is 23.7 Å². The highest BCUT2D eigenvalue weighted by molar-refractivity contribution is 5.62. The normalized spacial score (nSPS) is 31.7. The van der Waals surface area contributed by atoms with E-state index in [2.05, 4.69) is 4.74 Å². The summed E-state index contributed by atoms with van der Waals surface area (Å²) in [4.78, 5) is 21.5. The van der Waals surface area contributed by atoms with E-state index >= 15 is 0 Å². The van der Waals surface area contributed by atoms with Gasteiger partial charge >= 0.3 is 12.3 Å². The smallest absolute Gasteiger partial charge is 0.430 e. The fraction of sp³-hybridized carbons (Fsp3) is 0.800. The van der Waals surface area contributed by atoms with Gasteiger partial charge in [0.25, 0.3) is 0 Å². The molecule has 0 bridgehead atoms. The van der Waals surface area contributed by atoms with Crippen LogP contribution in [0.3, 0.4) is 0 Å². The molecule has 96 valence electrons. The highest BCUT2D eigenvalue weighted by Gasteiger charge is 2.41. The van der Waals surface area contributed by atoms with E-state index in [1.54, 1.807) is 0 Å². The van der Waals surface area contributed by atoms with Gasteiger partial charge in [0.2, 0.25) is 0 Å². The van der Waals surface area contributed by atoms with E-state index in [0.29, 0.717) is 6.42 Å². The lowest BCUT2D eigenvalue weighted by atomic mass is 10.0. The quantitative estimate of drug-likeness (QED) is 0.665. The molecule has 0 radical (unpaired) electrons. The Morgan fingerprint density at radius 2 is 2.18 bits per heavy atom. The highest BCUT2D eigenvalue weighted by Crippen LogP contribution is 2.24. The SMILES string of the molecule is CCC1(COCC2COC(=O)O2)COC(=O)O1. The van der Waals surface area contributed by atoms with Gasteiger partial charge in [-0.3, -0.25) is 0 Å². The van der Waals surface area contributed by atoms with Crippen LogP contribution in [0.1, 0.15) is 13.3 Å². The molecule has 0 aromatic rings. The minimum absolute atomic E-state index is 0.184. The highest BCUT2D eigenvalue weighted by atomic mass is 16.8. The maximum Gasteiger partial charge on any atom is 0.509 e. The van der Waals surface area contributed by atoms with Gasteiger partial charge in [0.1, 0.15) is 13.2 Å². The summed E-state index contributed by atoms with van der Waals surface area (Å²) in [6.07, 6.45) is -1.15. The second-order valence-corrected chi connectivity index (χ2v) is 3.99. The van der Waals surface area contributed by atoms with Crippen LogP contribution in [0, 0.1) is 0 Å². The lowest BCUT2D eigenvalue weighted by molar-refractivity contribution is -0.0474. The van der Waals surface area contributed by atoms with E-state index in [0.717, 1.165) is 0 Å². The van der Waals surface area contributed by atoms with Gasteiger partial charge in [0.15, 0.2) is 11.7 Å². The Labute approximate surface area is 97.9 Å². The van der Waals surface area contributed by atoms with Crippen molar-refractivity contribution in [3.63, 3.8) is 0 Å². The van der Waals surface area contributed by atoms with Crippen molar-refractivity contribution in [2.75, 3.05) is 26.4 Å². The predicted octanol–water partition coefficient (Wildman–Crippen LogP) is 0.854. The molecule has 0 amide bonds. The maximum atomic E-state index is 10.9. The van der Waals surface area contributed by atoms with Gasteiger partial charge < -0.3 is 23.7 Å². The Morgan fingerprint density at radius 1 is 1.35 bits per heavy atom. The largest absolute Gasteiger partial charge is 0.509 e. The van der Waals surface area contributed by atoms with Crippen molar-refractivity contribution in [3.8, 4) is 0 Å². The van der Waals surface area contributed by atoms with Crippen molar-refractivity contribution in [2.24, 2.45) is 0 Å². The number of carbonyl (C=O) groups excluding carboxylic acids is 2. The van der Waals surface area contributed by atoms with Gasteiger partial charge in [-0.1, -0.05) is 6.92 Å². The molecule has 2 fully saturated rings. The molecule has 2 aliphatic heterocycles. The molecule has 7 heteroatoms. The molecule has 2 aliphatic rings. The molecule has 0 spiro atoms. The van der Waals surface area contributed by atoms with E-state index in [-0.39, 0.29) is 26.4 Å². The third kappa shape index (κ3) is 2.79. The molecule has 0 saturated carbocycles. The molecular formula is C10H14O7. The van der Waals surface area contributed by atoms with Gasteiger partial charge in [-0.05, 0) is 6.42 Å². The van der Waals surface area contributed by atoms with Crippen LogP contribution in [0.25, 0.3) is 0 Å². The molecule has 0 N–H and O–H groups in total. The van der Waals surface area contributed by atoms with Crippen LogP contribution < -0.4 is 0 Å². The first-order valence-corrected chi connectivity index (χ1v) is 5.40. The molecular weight excluding hydrogens is 232 g/mol. The van der Waals surface area contributed by atoms with Crippen molar-refractivity contribution >= 4 is 12.3 Å². The van der Waals surface area contributed by atoms with Crippen LogP contribution in [-0.4, -0.2) is 50.4 Å². The van der Waals surface area contributed by atoms with Crippen molar-refractivity contribution in [3.05, 3.63) is 0 Å². The monoisotopic (exact) mass is 246 g/mol. The van der Waals surface area contributed by atoms with Crippen LogP contribution in [0.15, 0.2) is 0 Å². The number of hydrogen-bond donors (Lipinski definition) is 0. The number of cyclic esters (lactones) is 4. The van der Waals surface area contributed by atoms with Gasteiger partial charge in [-0.15, -0.1) is 0 Å². The summed E-state index contributed by atoms with van der Waals surface area (Å²) in [5.41, 5.74) is -0.722. The Hall–Kier alpha value is -1.50. The van der Waals surface area contributed by atoms with E-state index < -0.39 is 24.0 Å². The second-order valence-electron chi connectivity index (χ2n) is 3.99. The summed E-state index contributed by atoms with van der Waals surface area (Å²) in [7, 11) is 0. The van der Waals surface area contributed by atoms with Crippen molar-refractivity contribution in [1.29, 1.82) is 0 Å². The summed E-state index contributed by atoms with van der Waals surface area (Å²) in [6.45, 7) is 2.68. The fourth-order valence-corrected chi connectivity index (χ4v) is 1.60. The number of ether oxygens (including phenoxy) is 5. The molecule has 0 aliphatic carbocycles. The summed E-state index contributed by atoms with van der Waals surface area (Å²) in [6, 6.07) is 0. The topological polar surface area (TPSA) is 80.3 Å². The molecule has 17 heavy (non-hydrogen) atoms. The van der Waals surface area contributed by atoms with Crippen LogP contribution >= 0.6 is 0 Å². The average Bonchev–Trinajstić information content (AvgIpc) is 2.87. The van der Waals surface area contributed by atoms with Crippen LogP contribution in [0.4, 0.5) is 9.59 Å². The van der Waals surface area contributed by atoms with Crippen molar-refractivity contribution in [2.45, 2.75) is 25.0 Å². The minimum atomic E-state index is -0.722. The number of carbonyl (C=O) groups is 2. The zero-order valence-corrected chi connectivity index (χ0v) is 9.47. The molecule has 7 nitrogen and oxygen atoms in total. The Balaban J connectivity index is 1.73. The molecule has 0 aromatic carbocycles. The van der Waals surface area contributed by atoms with Gasteiger partial charge in [0, 0.05) is 0 Å². The van der Waals surface area contributed by atoms with Gasteiger partial charge in [-0.25, -0.2) is 9.59 Å². The molecule has 2 atom stereocenters. The molecule has 2 unspecified atom stereocenters. The fourth-order valence-electron chi connectivity index (χ4n) is 1.60. The Bertz CT molecular complexity index is 316. The van der Waals surface area contributed by atoms with Gasteiger partial charge in [0.05, 0.1) is 13.2 Å². The predicted molar refractivity (Wildman–Crippen MR) is 52.5 cm³/mol. The Morgan fingerprint density at radius 3 is 2.71 bits per heavy atom. The average molecular weight is 246 g/mol.